The van der Waals surface area contributed by atoms with Crippen LogP contribution >= 0.6 is 11.6 Å². The van der Waals surface area contributed by atoms with Gasteiger partial charge in [0, 0.05) is 35.3 Å². The summed E-state index contributed by atoms with van der Waals surface area (Å²) in [5.41, 5.74) is 9.00. The number of hydrogen-bond donors (Lipinski definition) is 2. The zero-order valence-electron chi connectivity index (χ0n) is 16.1. The maximum Gasteiger partial charge on any atom is 0.147 e. The average molecular weight is 399 g/mol. The zero-order chi connectivity index (χ0) is 19.6. The molecule has 2 aromatic rings. The Labute approximate surface area is 170 Å². The Hall–Kier alpha value is -2.34. The minimum Gasteiger partial charge on any atom is -0.386 e. The quantitative estimate of drug-likeness (QED) is 0.777. The van der Waals surface area contributed by atoms with Crippen LogP contribution in [-0.2, 0) is 6.54 Å². The van der Waals surface area contributed by atoms with Gasteiger partial charge in [-0.1, -0.05) is 37.6 Å². The predicted octanol–water partition coefficient (Wildman–Crippen LogP) is 3.02. The summed E-state index contributed by atoms with van der Waals surface area (Å²) in [6, 6.07) is 6.14. The first-order valence-electron chi connectivity index (χ1n) is 9.98. The largest absolute Gasteiger partial charge is 0.386 e. The summed E-state index contributed by atoms with van der Waals surface area (Å²) in [4.78, 5) is 9.41. The summed E-state index contributed by atoms with van der Waals surface area (Å²) >= 11 is 6.14. The topological polar surface area (TPSA) is 76.3 Å². The monoisotopic (exact) mass is 398 g/mol. The van der Waals surface area contributed by atoms with Crippen LogP contribution < -0.4 is 11.6 Å². The molecule has 2 atom stereocenters. The van der Waals surface area contributed by atoms with E-state index in [0.29, 0.717) is 29.3 Å². The highest BCUT2D eigenvalue weighted by Crippen LogP contribution is 2.58. The molecule has 0 bridgehead atoms. The van der Waals surface area contributed by atoms with Crippen LogP contribution in [0.5, 0.6) is 0 Å². The molecule has 2 unspecified atom stereocenters. The van der Waals surface area contributed by atoms with Crippen molar-refractivity contribution in [2.24, 2.45) is 17.1 Å². The molecule has 2 saturated heterocycles. The van der Waals surface area contributed by atoms with Crippen LogP contribution in [0.15, 0.2) is 42.9 Å². The van der Waals surface area contributed by atoms with Gasteiger partial charge in [-0.25, -0.2) is 9.66 Å². The lowest BCUT2D eigenvalue weighted by molar-refractivity contribution is 0.00929. The van der Waals surface area contributed by atoms with E-state index in [1.165, 1.54) is 31.4 Å². The number of likely N-dealkylation sites (tertiary alicyclic amines) is 2. The van der Waals surface area contributed by atoms with Crippen LogP contribution in [0.25, 0.3) is 11.0 Å². The Morgan fingerprint density at radius 2 is 2.04 bits per heavy atom. The van der Waals surface area contributed by atoms with Crippen LogP contribution in [0, 0.1) is 11.3 Å². The van der Waals surface area contributed by atoms with Gasteiger partial charge >= 0.3 is 0 Å². The fourth-order valence-corrected chi connectivity index (χ4v) is 5.84. The maximum atomic E-state index is 6.38. The molecule has 2 aliphatic heterocycles. The molecule has 3 aliphatic rings. The molecule has 5 rings (SSSR count). The van der Waals surface area contributed by atoms with Gasteiger partial charge in [0.25, 0.3) is 0 Å². The lowest BCUT2D eigenvalue weighted by Gasteiger charge is -2.53. The molecule has 4 N–H and O–H groups in total. The summed E-state index contributed by atoms with van der Waals surface area (Å²) in [7, 11) is 0. The second-order valence-electron chi connectivity index (χ2n) is 8.57. The number of nitrogens with two attached hydrogens (primary N) is 2. The van der Waals surface area contributed by atoms with E-state index >= 15 is 0 Å². The third kappa shape index (κ3) is 2.37. The van der Waals surface area contributed by atoms with Crippen molar-refractivity contribution in [2.75, 3.05) is 18.9 Å². The van der Waals surface area contributed by atoms with Gasteiger partial charge in [0.05, 0.1) is 23.4 Å². The van der Waals surface area contributed by atoms with Crippen molar-refractivity contribution in [3.8, 4) is 0 Å². The van der Waals surface area contributed by atoms with Crippen molar-refractivity contribution in [2.45, 2.75) is 38.3 Å². The normalized spacial score (nSPS) is 26.0. The first-order chi connectivity index (χ1) is 13.4. The lowest BCUT2D eigenvalue weighted by Crippen LogP contribution is -2.60. The van der Waals surface area contributed by atoms with Crippen LogP contribution in [0.4, 0.5) is 0 Å². The number of benzene rings is 1. The molecule has 0 amide bonds. The molecule has 1 saturated carbocycles. The summed E-state index contributed by atoms with van der Waals surface area (Å²) in [6.07, 6.45) is 5.01. The van der Waals surface area contributed by atoms with E-state index < -0.39 is 0 Å². The zero-order valence-corrected chi connectivity index (χ0v) is 16.8. The minimum atomic E-state index is 0.113. The van der Waals surface area contributed by atoms with E-state index in [0.717, 1.165) is 29.9 Å². The Bertz CT molecular complexity index is 973. The van der Waals surface area contributed by atoms with E-state index in [1.807, 2.05) is 18.2 Å². The van der Waals surface area contributed by atoms with Crippen LogP contribution in [-0.4, -0.2) is 38.6 Å². The highest BCUT2D eigenvalue weighted by molar-refractivity contribution is 6.31. The molecule has 1 aromatic heterocycles. The molecule has 1 spiro atoms. The SMILES string of the molecule is C=C(N)N1CC2(C1)C(=C)N(Cc1nc3ccc(Cl)cc3n1N)C1CCCCC12. The molecular formula is C21H27ClN6. The summed E-state index contributed by atoms with van der Waals surface area (Å²) in [5.74, 6) is 8.50. The van der Waals surface area contributed by atoms with Crippen molar-refractivity contribution < 1.29 is 0 Å². The Morgan fingerprint density at radius 1 is 1.29 bits per heavy atom. The van der Waals surface area contributed by atoms with Crippen molar-refractivity contribution in [1.82, 2.24) is 19.5 Å². The second-order valence-corrected chi connectivity index (χ2v) is 9.00. The van der Waals surface area contributed by atoms with Gasteiger partial charge in [0.1, 0.15) is 5.82 Å². The predicted molar refractivity (Wildman–Crippen MR) is 113 cm³/mol. The molecule has 1 aliphatic carbocycles. The first kappa shape index (κ1) is 17.7. The Kier molecular flexibility index (Phi) is 3.85. The molecule has 7 heteroatoms. The summed E-state index contributed by atoms with van der Waals surface area (Å²) in [6.45, 7) is 11.0. The van der Waals surface area contributed by atoms with Gasteiger partial charge in [0.15, 0.2) is 0 Å². The molecule has 148 valence electrons. The summed E-state index contributed by atoms with van der Waals surface area (Å²) in [5, 5.41) is 0.666. The molecule has 1 aromatic carbocycles. The molecular weight excluding hydrogens is 372 g/mol. The number of hydrogen-bond acceptors (Lipinski definition) is 5. The van der Waals surface area contributed by atoms with Crippen molar-refractivity contribution in [3.05, 3.63) is 53.7 Å². The van der Waals surface area contributed by atoms with Crippen LogP contribution in [0.2, 0.25) is 5.02 Å². The number of nitrogen functional groups attached to an aromatic ring is 1. The maximum absolute atomic E-state index is 6.38. The number of halogens is 1. The Balaban J connectivity index is 1.47. The molecule has 6 nitrogen and oxygen atoms in total. The third-order valence-electron chi connectivity index (χ3n) is 7.15. The van der Waals surface area contributed by atoms with E-state index in [9.17, 15) is 0 Å². The van der Waals surface area contributed by atoms with Crippen molar-refractivity contribution >= 4 is 22.6 Å². The smallest absolute Gasteiger partial charge is 0.147 e. The molecule has 3 heterocycles. The van der Waals surface area contributed by atoms with Crippen molar-refractivity contribution in [3.63, 3.8) is 0 Å². The molecule has 3 fully saturated rings. The lowest BCUT2D eigenvalue weighted by atomic mass is 9.64. The van der Waals surface area contributed by atoms with E-state index in [1.54, 1.807) is 4.68 Å². The van der Waals surface area contributed by atoms with Gasteiger partial charge in [-0.15, -0.1) is 0 Å². The van der Waals surface area contributed by atoms with Crippen LogP contribution in [0.1, 0.15) is 31.5 Å². The number of aromatic nitrogens is 2. The fraction of sp³-hybridized carbons (Fsp3) is 0.476. The summed E-state index contributed by atoms with van der Waals surface area (Å²) < 4.78 is 1.67. The van der Waals surface area contributed by atoms with Crippen LogP contribution in [0.3, 0.4) is 0 Å². The third-order valence-corrected chi connectivity index (χ3v) is 7.38. The fourth-order valence-electron chi connectivity index (χ4n) is 5.68. The highest BCUT2D eigenvalue weighted by Gasteiger charge is 2.60. The standard InChI is InChI=1S/C21H27ClN6/c1-13-21(11-26(12-21)14(2)23)16-5-3-4-6-18(16)27(13)10-20-25-17-8-7-15(22)9-19(17)28(20)24/h7-9,16,18H,1-6,10-12,23-24H2. The number of imidazole rings is 1. The first-order valence-corrected chi connectivity index (χ1v) is 10.4. The van der Waals surface area contributed by atoms with Gasteiger partial charge in [-0.3, -0.25) is 0 Å². The number of rotatable bonds is 3. The van der Waals surface area contributed by atoms with E-state index in [4.69, 9.17) is 28.2 Å². The van der Waals surface area contributed by atoms with Crippen molar-refractivity contribution in [1.29, 1.82) is 0 Å². The molecule has 0 radical (unpaired) electrons. The minimum absolute atomic E-state index is 0.113. The van der Waals surface area contributed by atoms with E-state index in [2.05, 4.69) is 23.0 Å². The van der Waals surface area contributed by atoms with Gasteiger partial charge < -0.3 is 21.4 Å². The van der Waals surface area contributed by atoms with Gasteiger partial charge in [-0.05, 0) is 37.0 Å². The number of nitrogens with zero attached hydrogens (tertiary/aromatic N) is 4. The average Bonchev–Trinajstić information content (AvgIpc) is 3.07. The Morgan fingerprint density at radius 3 is 2.79 bits per heavy atom. The number of fused-ring (bicyclic) bond motifs is 3. The van der Waals surface area contributed by atoms with Gasteiger partial charge in [0.2, 0.25) is 0 Å². The highest BCUT2D eigenvalue weighted by atomic mass is 35.5. The molecule has 28 heavy (non-hydrogen) atoms. The van der Waals surface area contributed by atoms with Gasteiger partial charge in [-0.2, -0.15) is 0 Å². The van der Waals surface area contributed by atoms with E-state index in [-0.39, 0.29) is 5.41 Å². The second kappa shape index (κ2) is 6.08.